The topological polar surface area (TPSA) is 62.2 Å². The standard InChI is InChI=1S/C10H13BrN2O2/c1-2-7(6-14)13-10(15)9-8(11)4-3-5-12-9/h3-5,7,14H,2,6H2,1H3,(H,13,15). The second kappa shape index (κ2) is 5.82. The van der Waals surface area contributed by atoms with Crippen LogP contribution in [0.15, 0.2) is 22.8 Å². The Morgan fingerprint density at radius 2 is 2.47 bits per heavy atom. The molecule has 0 aliphatic heterocycles. The fourth-order valence-electron chi connectivity index (χ4n) is 1.08. The number of amides is 1. The lowest BCUT2D eigenvalue weighted by molar-refractivity contribution is 0.0909. The first-order valence-corrected chi connectivity index (χ1v) is 5.50. The van der Waals surface area contributed by atoms with E-state index in [9.17, 15) is 4.79 Å². The molecule has 2 N–H and O–H groups in total. The highest BCUT2D eigenvalue weighted by atomic mass is 79.9. The van der Waals surface area contributed by atoms with Gasteiger partial charge in [0.05, 0.1) is 12.6 Å². The summed E-state index contributed by atoms with van der Waals surface area (Å²) in [6.07, 6.45) is 2.24. The molecule has 0 aliphatic rings. The lowest BCUT2D eigenvalue weighted by atomic mass is 10.2. The predicted molar refractivity (Wildman–Crippen MR) is 60.6 cm³/mol. The quantitative estimate of drug-likeness (QED) is 0.870. The minimum atomic E-state index is -0.275. The molecule has 0 radical (unpaired) electrons. The van der Waals surface area contributed by atoms with Crippen LogP contribution in [-0.2, 0) is 0 Å². The zero-order valence-electron chi connectivity index (χ0n) is 8.40. The summed E-state index contributed by atoms with van der Waals surface area (Å²) < 4.78 is 0.648. The summed E-state index contributed by atoms with van der Waals surface area (Å²) in [7, 11) is 0. The molecule has 0 saturated heterocycles. The van der Waals surface area contributed by atoms with Gasteiger partial charge < -0.3 is 10.4 Å². The van der Waals surface area contributed by atoms with Crippen LogP contribution in [0.5, 0.6) is 0 Å². The summed E-state index contributed by atoms with van der Waals surface area (Å²) in [5, 5.41) is 11.6. The Morgan fingerprint density at radius 1 is 1.73 bits per heavy atom. The molecule has 1 amide bonds. The van der Waals surface area contributed by atoms with E-state index in [1.54, 1.807) is 18.3 Å². The van der Waals surface area contributed by atoms with Crippen LogP contribution in [0.3, 0.4) is 0 Å². The van der Waals surface area contributed by atoms with Gasteiger partial charge >= 0.3 is 0 Å². The third-order valence-corrected chi connectivity index (χ3v) is 2.66. The summed E-state index contributed by atoms with van der Waals surface area (Å²) in [6, 6.07) is 3.28. The average molecular weight is 273 g/mol. The zero-order valence-corrected chi connectivity index (χ0v) is 9.99. The van der Waals surface area contributed by atoms with Gasteiger partial charge in [0.15, 0.2) is 0 Å². The molecule has 0 aliphatic carbocycles. The van der Waals surface area contributed by atoms with Gasteiger partial charge in [-0.25, -0.2) is 4.98 Å². The van der Waals surface area contributed by atoms with Gasteiger partial charge in [0.2, 0.25) is 0 Å². The van der Waals surface area contributed by atoms with Gasteiger partial charge in [-0.3, -0.25) is 4.79 Å². The van der Waals surface area contributed by atoms with Crippen molar-refractivity contribution in [1.29, 1.82) is 0 Å². The van der Waals surface area contributed by atoms with E-state index < -0.39 is 0 Å². The molecule has 0 saturated carbocycles. The van der Waals surface area contributed by atoms with Crippen LogP contribution >= 0.6 is 15.9 Å². The number of carbonyl (C=O) groups excluding carboxylic acids is 1. The SMILES string of the molecule is CCC(CO)NC(=O)c1ncccc1Br. The lowest BCUT2D eigenvalue weighted by Crippen LogP contribution is -2.37. The van der Waals surface area contributed by atoms with Crippen molar-refractivity contribution in [3.63, 3.8) is 0 Å². The number of aliphatic hydroxyl groups excluding tert-OH is 1. The van der Waals surface area contributed by atoms with Crippen molar-refractivity contribution in [3.8, 4) is 0 Å². The molecule has 82 valence electrons. The smallest absolute Gasteiger partial charge is 0.271 e. The van der Waals surface area contributed by atoms with E-state index >= 15 is 0 Å². The van der Waals surface area contributed by atoms with Crippen molar-refractivity contribution < 1.29 is 9.90 Å². The first kappa shape index (κ1) is 12.1. The number of hydrogen-bond acceptors (Lipinski definition) is 3. The Bertz CT molecular complexity index is 340. The Morgan fingerprint density at radius 3 is 3.00 bits per heavy atom. The molecule has 1 rings (SSSR count). The van der Waals surface area contributed by atoms with Crippen LogP contribution in [-0.4, -0.2) is 28.6 Å². The van der Waals surface area contributed by atoms with E-state index in [4.69, 9.17) is 5.11 Å². The molecule has 1 aromatic heterocycles. The molecule has 0 fully saturated rings. The van der Waals surface area contributed by atoms with Gasteiger partial charge in [-0.1, -0.05) is 6.92 Å². The van der Waals surface area contributed by atoms with E-state index in [2.05, 4.69) is 26.2 Å². The molecule has 0 bridgehead atoms. The number of halogens is 1. The van der Waals surface area contributed by atoms with Crippen LogP contribution in [0.1, 0.15) is 23.8 Å². The number of nitrogens with one attached hydrogen (secondary N) is 1. The van der Waals surface area contributed by atoms with Crippen molar-refractivity contribution in [2.75, 3.05) is 6.61 Å². The Balaban J connectivity index is 2.73. The fraction of sp³-hybridized carbons (Fsp3) is 0.400. The summed E-state index contributed by atoms with van der Waals surface area (Å²) >= 11 is 3.24. The van der Waals surface area contributed by atoms with Gasteiger partial charge in [0.1, 0.15) is 5.69 Å². The molecule has 1 unspecified atom stereocenters. The molecule has 1 aromatic rings. The van der Waals surface area contributed by atoms with Crippen molar-refractivity contribution in [1.82, 2.24) is 10.3 Å². The number of aliphatic hydroxyl groups is 1. The highest BCUT2D eigenvalue weighted by molar-refractivity contribution is 9.10. The lowest BCUT2D eigenvalue weighted by Gasteiger charge is -2.13. The molecule has 15 heavy (non-hydrogen) atoms. The first-order chi connectivity index (χ1) is 7.19. The second-order valence-corrected chi connectivity index (χ2v) is 3.95. The van der Waals surface area contributed by atoms with Gasteiger partial charge in [0, 0.05) is 10.7 Å². The van der Waals surface area contributed by atoms with Crippen LogP contribution in [0, 0.1) is 0 Å². The highest BCUT2D eigenvalue weighted by Crippen LogP contribution is 2.13. The molecular weight excluding hydrogens is 260 g/mol. The molecule has 1 atom stereocenters. The van der Waals surface area contributed by atoms with E-state index in [0.29, 0.717) is 16.6 Å². The van der Waals surface area contributed by atoms with Crippen molar-refractivity contribution in [2.45, 2.75) is 19.4 Å². The van der Waals surface area contributed by atoms with E-state index in [1.807, 2.05) is 6.92 Å². The van der Waals surface area contributed by atoms with Gasteiger partial charge in [0.25, 0.3) is 5.91 Å². The number of pyridine rings is 1. The molecular formula is C10H13BrN2O2. The van der Waals surface area contributed by atoms with E-state index in [0.717, 1.165) is 0 Å². The van der Waals surface area contributed by atoms with Crippen LogP contribution in [0.25, 0.3) is 0 Å². The minimum absolute atomic E-state index is 0.0628. The fourth-order valence-corrected chi connectivity index (χ4v) is 1.52. The van der Waals surface area contributed by atoms with E-state index in [1.165, 1.54) is 0 Å². The summed E-state index contributed by atoms with van der Waals surface area (Å²) in [4.78, 5) is 15.6. The Hall–Kier alpha value is -0.940. The maximum Gasteiger partial charge on any atom is 0.271 e. The number of aromatic nitrogens is 1. The maximum atomic E-state index is 11.7. The number of rotatable bonds is 4. The van der Waals surface area contributed by atoms with Gasteiger partial charge in [-0.05, 0) is 34.5 Å². The number of carbonyl (C=O) groups is 1. The predicted octanol–water partition coefficient (Wildman–Crippen LogP) is 1.34. The highest BCUT2D eigenvalue weighted by Gasteiger charge is 2.14. The van der Waals surface area contributed by atoms with Crippen molar-refractivity contribution in [3.05, 3.63) is 28.5 Å². The second-order valence-electron chi connectivity index (χ2n) is 3.10. The first-order valence-electron chi connectivity index (χ1n) is 4.71. The summed E-state index contributed by atoms with van der Waals surface area (Å²) in [5.74, 6) is -0.275. The average Bonchev–Trinajstić information content (AvgIpc) is 2.26. The van der Waals surface area contributed by atoms with Gasteiger partial charge in [-0.2, -0.15) is 0 Å². The molecule has 0 spiro atoms. The largest absolute Gasteiger partial charge is 0.394 e. The molecule has 1 heterocycles. The summed E-state index contributed by atoms with van der Waals surface area (Å²) in [5.41, 5.74) is 0.337. The third kappa shape index (κ3) is 3.28. The minimum Gasteiger partial charge on any atom is -0.394 e. The van der Waals surface area contributed by atoms with Crippen molar-refractivity contribution in [2.24, 2.45) is 0 Å². The normalized spacial score (nSPS) is 12.2. The van der Waals surface area contributed by atoms with Gasteiger partial charge in [-0.15, -0.1) is 0 Å². The monoisotopic (exact) mass is 272 g/mol. The number of nitrogens with zero attached hydrogens (tertiary/aromatic N) is 1. The van der Waals surface area contributed by atoms with Crippen LogP contribution in [0.2, 0.25) is 0 Å². The van der Waals surface area contributed by atoms with E-state index in [-0.39, 0.29) is 18.6 Å². The number of hydrogen-bond donors (Lipinski definition) is 2. The zero-order chi connectivity index (χ0) is 11.3. The van der Waals surface area contributed by atoms with Crippen molar-refractivity contribution >= 4 is 21.8 Å². The summed E-state index contributed by atoms with van der Waals surface area (Å²) in [6.45, 7) is 1.83. The third-order valence-electron chi connectivity index (χ3n) is 2.02. The molecule has 5 heteroatoms. The molecule has 0 aromatic carbocycles. The van der Waals surface area contributed by atoms with Crippen LogP contribution < -0.4 is 5.32 Å². The van der Waals surface area contributed by atoms with Crippen LogP contribution in [0.4, 0.5) is 0 Å². The Labute approximate surface area is 96.8 Å². The molecule has 4 nitrogen and oxygen atoms in total. The maximum absolute atomic E-state index is 11.7. The Kier molecular flexibility index (Phi) is 4.71.